The van der Waals surface area contributed by atoms with Gasteiger partial charge in [-0.25, -0.2) is 9.38 Å². The molecule has 6 heteroatoms. The van der Waals surface area contributed by atoms with E-state index in [2.05, 4.69) is 11.6 Å². The highest BCUT2D eigenvalue weighted by molar-refractivity contribution is 5.96. The van der Waals surface area contributed by atoms with Crippen molar-refractivity contribution >= 4 is 17.5 Å². The Morgan fingerprint density at radius 1 is 1.32 bits per heavy atom. The van der Waals surface area contributed by atoms with E-state index >= 15 is 0 Å². The lowest BCUT2D eigenvalue weighted by molar-refractivity contribution is 0.0693. The molecule has 1 aromatic carbocycles. The van der Waals surface area contributed by atoms with Gasteiger partial charge in [-0.3, -0.25) is 4.79 Å². The van der Waals surface area contributed by atoms with Crippen molar-refractivity contribution in [1.82, 2.24) is 4.90 Å². The topological polar surface area (TPSA) is 55.0 Å². The Morgan fingerprint density at radius 2 is 2.04 bits per heavy atom. The molecule has 1 atom stereocenters. The number of rotatable bonds is 4. The number of methoxy groups -OCH3 is 1. The number of hydrogen-bond donors (Lipinski definition) is 0. The molecule has 0 N–H and O–H groups in total. The molecule has 0 aliphatic carbocycles. The third-order valence-electron chi connectivity index (χ3n) is 4.96. The van der Waals surface area contributed by atoms with Gasteiger partial charge in [0, 0.05) is 13.1 Å². The molecule has 0 unspecified atom stereocenters. The maximum absolute atomic E-state index is 13.1. The Bertz CT molecular complexity index is 899. The number of ether oxygens (including phenoxy) is 1. The number of hydrogen-bond acceptors (Lipinski definition) is 4. The Labute approximate surface area is 164 Å². The number of nitrogens with zero attached hydrogens (tertiary/aromatic N) is 2. The maximum Gasteiger partial charge on any atom is 0.257 e. The van der Waals surface area contributed by atoms with Crippen molar-refractivity contribution in [1.29, 1.82) is 0 Å². The fourth-order valence-electron chi connectivity index (χ4n) is 3.52. The van der Waals surface area contributed by atoms with Crippen LogP contribution in [-0.4, -0.2) is 36.9 Å². The lowest BCUT2D eigenvalue weighted by atomic mass is 9.97. The summed E-state index contributed by atoms with van der Waals surface area (Å²) >= 11 is 0. The molecule has 3 rings (SSSR count). The van der Waals surface area contributed by atoms with Gasteiger partial charge in [-0.15, -0.1) is 0 Å². The van der Waals surface area contributed by atoms with Crippen LogP contribution in [0.25, 0.3) is 5.70 Å². The quantitative estimate of drug-likeness (QED) is 0.572. The van der Waals surface area contributed by atoms with Crippen LogP contribution in [0.15, 0.2) is 46.3 Å². The lowest BCUT2D eigenvalue weighted by Gasteiger charge is -2.32. The number of benzene rings is 1. The Kier molecular flexibility index (Phi) is 5.97. The van der Waals surface area contributed by atoms with E-state index in [4.69, 9.17) is 9.15 Å². The summed E-state index contributed by atoms with van der Waals surface area (Å²) in [6, 6.07) is 7.80. The molecule has 0 radical (unpaired) electrons. The second-order valence-corrected chi connectivity index (χ2v) is 7.02. The Morgan fingerprint density at radius 3 is 2.64 bits per heavy atom. The predicted octanol–water partition coefficient (Wildman–Crippen LogP) is 4.60. The van der Waals surface area contributed by atoms with Crippen LogP contribution in [0, 0.1) is 25.6 Å². The van der Waals surface area contributed by atoms with Crippen LogP contribution in [0.4, 0.5) is 4.39 Å². The number of aryl methyl sites for hydroxylation is 2. The van der Waals surface area contributed by atoms with Crippen LogP contribution < -0.4 is 0 Å². The molecule has 5 nitrogen and oxygen atoms in total. The minimum absolute atomic E-state index is 0.0202. The molecule has 1 fully saturated rings. The highest BCUT2D eigenvalue weighted by atomic mass is 19.1. The molecular weight excluding hydrogens is 359 g/mol. The van der Waals surface area contributed by atoms with Gasteiger partial charge in [-0.05, 0) is 62.6 Å². The van der Waals surface area contributed by atoms with Gasteiger partial charge < -0.3 is 14.1 Å². The van der Waals surface area contributed by atoms with E-state index in [0.717, 1.165) is 24.2 Å². The number of amides is 1. The molecule has 0 saturated carbocycles. The van der Waals surface area contributed by atoms with E-state index in [-0.39, 0.29) is 17.6 Å². The fraction of sp³-hybridized carbons (Fsp3) is 0.364. The summed E-state index contributed by atoms with van der Waals surface area (Å²) in [7, 11) is 1.57. The number of furan rings is 1. The summed E-state index contributed by atoms with van der Waals surface area (Å²) in [6.45, 7) is 8.81. The summed E-state index contributed by atoms with van der Waals surface area (Å²) in [5.41, 5.74) is 1.83. The fourth-order valence-corrected chi connectivity index (χ4v) is 3.52. The maximum atomic E-state index is 13.1. The number of carbonyl (C=O) groups excluding carboxylic acids is 1. The van der Waals surface area contributed by atoms with E-state index in [0.29, 0.717) is 36.0 Å². The zero-order chi connectivity index (χ0) is 20.3. The third-order valence-corrected chi connectivity index (χ3v) is 4.96. The first-order chi connectivity index (χ1) is 13.4. The number of carbonyl (C=O) groups is 1. The van der Waals surface area contributed by atoms with E-state index in [1.165, 1.54) is 12.1 Å². The second kappa shape index (κ2) is 8.42. The molecular formula is C22H25FN2O3. The van der Waals surface area contributed by atoms with Crippen LogP contribution in [0.2, 0.25) is 0 Å². The summed E-state index contributed by atoms with van der Waals surface area (Å²) in [5.74, 6) is 1.53. The molecule has 2 heterocycles. The molecule has 148 valence electrons. The summed E-state index contributed by atoms with van der Waals surface area (Å²) in [4.78, 5) is 19.2. The monoisotopic (exact) mass is 384 g/mol. The summed E-state index contributed by atoms with van der Waals surface area (Å²) < 4.78 is 24.1. The van der Waals surface area contributed by atoms with Crippen molar-refractivity contribution in [2.24, 2.45) is 10.9 Å². The van der Waals surface area contributed by atoms with Gasteiger partial charge in [0.1, 0.15) is 17.3 Å². The van der Waals surface area contributed by atoms with Gasteiger partial charge >= 0.3 is 0 Å². The molecule has 1 aliphatic rings. The molecule has 2 aromatic rings. The lowest BCUT2D eigenvalue weighted by Crippen LogP contribution is -2.42. The third kappa shape index (κ3) is 4.32. The number of aliphatic imine (C=N–C) groups is 1. The standard InChI is InChI=1S/C22H25FN2O3/c1-14-12-20(16(3)28-14)22(26)25-11-5-6-18(13-25)21(27-4)24-15(2)17-7-9-19(23)10-8-17/h7-10,12,18H,2,5-6,11,13H2,1,3-4H3/t18-/m0/s1. The largest absolute Gasteiger partial charge is 0.484 e. The van der Waals surface area contributed by atoms with Crippen LogP contribution in [-0.2, 0) is 4.74 Å². The Hall–Kier alpha value is -2.89. The SMILES string of the molecule is C=C(N=C(OC)[C@H]1CCCN(C(=O)c2cc(C)oc2C)C1)c1ccc(F)cc1. The molecule has 0 spiro atoms. The second-order valence-electron chi connectivity index (χ2n) is 7.02. The molecule has 1 aliphatic heterocycles. The number of piperidine rings is 1. The summed E-state index contributed by atoms with van der Waals surface area (Å²) in [6.07, 6.45) is 1.73. The number of likely N-dealkylation sites (tertiary alicyclic amines) is 1. The van der Waals surface area contributed by atoms with Gasteiger partial charge in [0.2, 0.25) is 0 Å². The minimum atomic E-state index is -0.307. The first kappa shape index (κ1) is 19.9. The van der Waals surface area contributed by atoms with Crippen molar-refractivity contribution in [3.63, 3.8) is 0 Å². The van der Waals surface area contributed by atoms with Gasteiger partial charge in [0.05, 0.1) is 24.3 Å². The number of halogens is 1. The van der Waals surface area contributed by atoms with Crippen molar-refractivity contribution in [3.8, 4) is 0 Å². The van der Waals surface area contributed by atoms with Crippen molar-refractivity contribution in [2.75, 3.05) is 20.2 Å². The van der Waals surface area contributed by atoms with Crippen LogP contribution >= 0.6 is 0 Å². The Balaban J connectivity index is 1.75. The van der Waals surface area contributed by atoms with Gasteiger partial charge in [-0.1, -0.05) is 6.58 Å². The normalized spacial score (nSPS) is 17.5. The van der Waals surface area contributed by atoms with Crippen LogP contribution in [0.3, 0.4) is 0 Å². The first-order valence-electron chi connectivity index (χ1n) is 9.32. The molecule has 1 aromatic heterocycles. The average Bonchev–Trinajstić information content (AvgIpc) is 3.04. The molecule has 1 saturated heterocycles. The van der Waals surface area contributed by atoms with Crippen LogP contribution in [0.5, 0.6) is 0 Å². The van der Waals surface area contributed by atoms with E-state index < -0.39 is 0 Å². The van der Waals surface area contributed by atoms with Gasteiger partial charge in [0.25, 0.3) is 5.91 Å². The highest BCUT2D eigenvalue weighted by Crippen LogP contribution is 2.24. The minimum Gasteiger partial charge on any atom is -0.484 e. The summed E-state index contributed by atoms with van der Waals surface area (Å²) in [5, 5.41) is 0. The van der Waals surface area contributed by atoms with E-state index in [9.17, 15) is 9.18 Å². The van der Waals surface area contributed by atoms with Crippen molar-refractivity contribution in [3.05, 3.63) is 65.4 Å². The van der Waals surface area contributed by atoms with E-state index in [1.807, 2.05) is 11.8 Å². The van der Waals surface area contributed by atoms with Crippen LogP contribution in [0.1, 0.15) is 40.3 Å². The average molecular weight is 384 g/mol. The van der Waals surface area contributed by atoms with Crippen molar-refractivity contribution < 1.29 is 18.3 Å². The first-order valence-corrected chi connectivity index (χ1v) is 9.32. The highest BCUT2D eigenvalue weighted by Gasteiger charge is 2.30. The zero-order valence-electron chi connectivity index (χ0n) is 16.5. The molecule has 0 bridgehead atoms. The smallest absolute Gasteiger partial charge is 0.257 e. The van der Waals surface area contributed by atoms with Gasteiger partial charge in [-0.2, -0.15) is 0 Å². The molecule has 1 amide bonds. The predicted molar refractivity (Wildman–Crippen MR) is 107 cm³/mol. The van der Waals surface area contributed by atoms with Gasteiger partial charge in [0.15, 0.2) is 5.90 Å². The van der Waals surface area contributed by atoms with Crippen molar-refractivity contribution in [2.45, 2.75) is 26.7 Å². The molecule has 28 heavy (non-hydrogen) atoms. The van der Waals surface area contributed by atoms with E-state index in [1.54, 1.807) is 32.2 Å². The zero-order valence-corrected chi connectivity index (χ0v) is 16.5.